The van der Waals surface area contributed by atoms with Crippen LogP contribution in [0, 0.1) is 27.7 Å². The van der Waals surface area contributed by atoms with Crippen molar-refractivity contribution >= 4 is 17.6 Å². The van der Waals surface area contributed by atoms with E-state index in [0.29, 0.717) is 5.57 Å². The maximum Gasteiger partial charge on any atom is 0.330 e. The number of benzene rings is 1. The van der Waals surface area contributed by atoms with E-state index >= 15 is 0 Å². The fourth-order valence-electron chi connectivity index (χ4n) is 2.30. The average Bonchev–Trinajstić information content (AvgIpc) is 2.46. The van der Waals surface area contributed by atoms with Crippen LogP contribution in [-0.2, 0) is 9.53 Å². The smallest absolute Gasteiger partial charge is 0.330 e. The highest BCUT2D eigenvalue weighted by molar-refractivity contribution is 5.89. The highest BCUT2D eigenvalue weighted by atomic mass is 16.5. The maximum atomic E-state index is 11.3. The van der Waals surface area contributed by atoms with Gasteiger partial charge in [0.15, 0.2) is 0 Å². The Bertz CT molecular complexity index is 581. The molecule has 3 heteroatoms. The summed E-state index contributed by atoms with van der Waals surface area (Å²) < 4.78 is 4.63. The van der Waals surface area contributed by atoms with E-state index in [0.717, 1.165) is 22.3 Å². The molecule has 0 radical (unpaired) electrons. The number of esters is 1. The topological polar surface area (TPSA) is 46.5 Å². The van der Waals surface area contributed by atoms with Crippen LogP contribution in [0.5, 0.6) is 0 Å². The summed E-state index contributed by atoms with van der Waals surface area (Å²) in [5, 5.41) is 9.40. The normalized spacial score (nSPS) is 10.9. The third kappa shape index (κ3) is 2.99. The zero-order chi connectivity index (χ0) is 15.4. The third-order valence-corrected chi connectivity index (χ3v) is 3.87. The first kappa shape index (κ1) is 16.2. The Hall–Kier alpha value is -1.87. The fraction of sp³-hybridized carbons (Fsp3) is 0.353. The van der Waals surface area contributed by atoms with Crippen LogP contribution in [0.2, 0.25) is 0 Å². The summed E-state index contributed by atoms with van der Waals surface area (Å²) in [6.45, 7) is 11.9. The minimum Gasteiger partial charge on any atom is -0.466 e. The molecule has 0 aromatic heterocycles. The Morgan fingerprint density at radius 2 is 1.70 bits per heavy atom. The van der Waals surface area contributed by atoms with Gasteiger partial charge in [0.1, 0.15) is 0 Å². The molecule has 0 aliphatic rings. The van der Waals surface area contributed by atoms with Gasteiger partial charge < -0.3 is 9.84 Å². The van der Waals surface area contributed by atoms with Crippen molar-refractivity contribution in [1.82, 2.24) is 0 Å². The molecule has 0 spiro atoms. The second-order valence-electron chi connectivity index (χ2n) is 4.91. The molecule has 108 valence electrons. The van der Waals surface area contributed by atoms with Crippen molar-refractivity contribution in [2.24, 2.45) is 0 Å². The number of methoxy groups -OCH3 is 1. The summed E-state index contributed by atoms with van der Waals surface area (Å²) in [6.07, 6.45) is 3.13. The first-order valence-corrected chi connectivity index (χ1v) is 6.50. The van der Waals surface area contributed by atoms with E-state index in [1.54, 1.807) is 6.08 Å². The van der Waals surface area contributed by atoms with Gasteiger partial charge in [-0.3, -0.25) is 0 Å². The Labute approximate surface area is 120 Å². The van der Waals surface area contributed by atoms with Crippen molar-refractivity contribution in [3.8, 4) is 0 Å². The van der Waals surface area contributed by atoms with Gasteiger partial charge in [0.25, 0.3) is 0 Å². The zero-order valence-corrected chi connectivity index (χ0v) is 12.8. The molecule has 0 heterocycles. The predicted molar refractivity (Wildman–Crippen MR) is 82.6 cm³/mol. The van der Waals surface area contributed by atoms with Gasteiger partial charge >= 0.3 is 5.97 Å². The van der Waals surface area contributed by atoms with Gasteiger partial charge in [-0.05, 0) is 72.7 Å². The van der Waals surface area contributed by atoms with Crippen molar-refractivity contribution in [2.75, 3.05) is 13.7 Å². The van der Waals surface area contributed by atoms with Crippen LogP contribution in [0.25, 0.3) is 11.6 Å². The molecule has 3 nitrogen and oxygen atoms in total. The highest BCUT2D eigenvalue weighted by Gasteiger charge is 2.15. The van der Waals surface area contributed by atoms with E-state index in [-0.39, 0.29) is 6.61 Å². The van der Waals surface area contributed by atoms with Crippen molar-refractivity contribution in [2.45, 2.75) is 27.7 Å². The standard InChI is InChI=1S/C17H22O3/c1-10(9-18)17-14(5)12(3)11(2)13(4)15(17)7-8-16(19)20-6/h7-8,18H,1,9H2,2-6H3/b8-7+. The van der Waals surface area contributed by atoms with E-state index < -0.39 is 5.97 Å². The minimum atomic E-state index is -0.402. The second kappa shape index (κ2) is 6.53. The largest absolute Gasteiger partial charge is 0.466 e. The molecule has 1 aromatic rings. The number of aliphatic hydroxyl groups excluding tert-OH is 1. The van der Waals surface area contributed by atoms with E-state index in [2.05, 4.69) is 25.2 Å². The number of hydrogen-bond donors (Lipinski definition) is 1. The molecular formula is C17H22O3. The monoisotopic (exact) mass is 274 g/mol. The van der Waals surface area contributed by atoms with Crippen LogP contribution in [0.15, 0.2) is 12.7 Å². The molecule has 0 aliphatic carbocycles. The first-order chi connectivity index (χ1) is 9.34. The predicted octanol–water partition coefficient (Wildman–Crippen LogP) is 3.11. The zero-order valence-electron chi connectivity index (χ0n) is 12.8. The SMILES string of the molecule is C=C(CO)c1c(C)c(C)c(C)c(C)c1/C=C/C(=O)OC. The molecule has 20 heavy (non-hydrogen) atoms. The van der Waals surface area contributed by atoms with Crippen LogP contribution in [-0.4, -0.2) is 24.8 Å². The van der Waals surface area contributed by atoms with Gasteiger partial charge in [-0.1, -0.05) is 6.58 Å². The van der Waals surface area contributed by atoms with Crippen molar-refractivity contribution in [3.63, 3.8) is 0 Å². The summed E-state index contributed by atoms with van der Waals surface area (Å²) >= 11 is 0. The highest BCUT2D eigenvalue weighted by Crippen LogP contribution is 2.31. The molecule has 0 amide bonds. The lowest BCUT2D eigenvalue weighted by atomic mass is 9.86. The Morgan fingerprint density at radius 1 is 1.15 bits per heavy atom. The summed E-state index contributed by atoms with van der Waals surface area (Å²) in [5.41, 5.74) is 7.00. The van der Waals surface area contributed by atoms with Gasteiger partial charge in [0.05, 0.1) is 13.7 Å². The first-order valence-electron chi connectivity index (χ1n) is 6.50. The lowest BCUT2D eigenvalue weighted by Gasteiger charge is -2.19. The molecule has 1 N–H and O–H groups in total. The Morgan fingerprint density at radius 3 is 2.20 bits per heavy atom. The number of carbonyl (C=O) groups excluding carboxylic acids is 1. The third-order valence-electron chi connectivity index (χ3n) is 3.87. The number of rotatable bonds is 4. The average molecular weight is 274 g/mol. The molecule has 0 atom stereocenters. The number of ether oxygens (including phenoxy) is 1. The molecule has 0 bridgehead atoms. The van der Waals surface area contributed by atoms with Crippen LogP contribution in [0.3, 0.4) is 0 Å². The summed E-state index contributed by atoms with van der Waals surface area (Å²) in [7, 11) is 1.35. The lowest BCUT2D eigenvalue weighted by molar-refractivity contribution is -0.134. The van der Waals surface area contributed by atoms with E-state index in [4.69, 9.17) is 0 Å². The molecule has 1 aromatic carbocycles. The van der Waals surface area contributed by atoms with Crippen LogP contribution < -0.4 is 0 Å². The molecule has 0 saturated carbocycles. The summed E-state index contributed by atoms with van der Waals surface area (Å²) in [6, 6.07) is 0. The molecule has 0 unspecified atom stereocenters. The summed E-state index contributed by atoms with van der Waals surface area (Å²) in [4.78, 5) is 11.3. The van der Waals surface area contributed by atoms with E-state index in [1.165, 1.54) is 24.3 Å². The summed E-state index contributed by atoms with van der Waals surface area (Å²) in [5.74, 6) is -0.402. The Kier molecular flexibility index (Phi) is 5.28. The molecule has 0 fully saturated rings. The van der Waals surface area contributed by atoms with Crippen LogP contribution >= 0.6 is 0 Å². The number of aliphatic hydroxyl groups is 1. The van der Waals surface area contributed by atoms with Gasteiger partial charge in [-0.15, -0.1) is 0 Å². The quantitative estimate of drug-likeness (QED) is 0.678. The lowest BCUT2D eigenvalue weighted by Crippen LogP contribution is -2.04. The molecule has 0 saturated heterocycles. The van der Waals surface area contributed by atoms with E-state index in [9.17, 15) is 9.90 Å². The van der Waals surface area contributed by atoms with Crippen LogP contribution in [0.1, 0.15) is 33.4 Å². The second-order valence-corrected chi connectivity index (χ2v) is 4.91. The van der Waals surface area contributed by atoms with Gasteiger partial charge in [0, 0.05) is 6.08 Å². The van der Waals surface area contributed by atoms with Crippen LogP contribution in [0.4, 0.5) is 0 Å². The van der Waals surface area contributed by atoms with Gasteiger partial charge in [-0.2, -0.15) is 0 Å². The van der Waals surface area contributed by atoms with Crippen molar-refractivity contribution in [1.29, 1.82) is 0 Å². The Balaban J connectivity index is 3.59. The molecular weight excluding hydrogens is 252 g/mol. The van der Waals surface area contributed by atoms with E-state index in [1.807, 2.05) is 13.8 Å². The van der Waals surface area contributed by atoms with Crippen molar-refractivity contribution < 1.29 is 14.6 Å². The number of hydrogen-bond acceptors (Lipinski definition) is 3. The fourth-order valence-corrected chi connectivity index (χ4v) is 2.30. The van der Waals surface area contributed by atoms with Gasteiger partial charge in [-0.25, -0.2) is 4.79 Å². The van der Waals surface area contributed by atoms with Crippen molar-refractivity contribution in [3.05, 3.63) is 46.0 Å². The molecule has 1 rings (SSSR count). The van der Waals surface area contributed by atoms with Gasteiger partial charge in [0.2, 0.25) is 0 Å². The maximum absolute atomic E-state index is 11.3. The minimum absolute atomic E-state index is 0.109. The molecule has 0 aliphatic heterocycles. The number of carbonyl (C=O) groups is 1.